The molecule has 20 heavy (non-hydrogen) atoms. The summed E-state index contributed by atoms with van der Waals surface area (Å²) in [7, 11) is 0. The van der Waals surface area contributed by atoms with E-state index in [-0.39, 0.29) is 11.6 Å². The van der Waals surface area contributed by atoms with Crippen LogP contribution in [0.15, 0.2) is 42.5 Å². The fourth-order valence-electron chi connectivity index (χ4n) is 2.86. The van der Waals surface area contributed by atoms with E-state index in [0.29, 0.717) is 11.5 Å². The van der Waals surface area contributed by atoms with Gasteiger partial charge in [-0.1, -0.05) is 30.7 Å². The number of ketones is 1. The van der Waals surface area contributed by atoms with Crippen molar-refractivity contribution in [3.63, 3.8) is 0 Å². The molecule has 0 atom stereocenters. The fraction of sp³-hybridized carbons (Fsp3) is 0.278. The molecule has 1 aliphatic rings. The molecule has 1 saturated carbocycles. The van der Waals surface area contributed by atoms with Gasteiger partial charge in [0.2, 0.25) is 0 Å². The van der Waals surface area contributed by atoms with Crippen LogP contribution in [0.25, 0.3) is 11.1 Å². The largest absolute Gasteiger partial charge is 0.294 e. The van der Waals surface area contributed by atoms with Crippen LogP contribution in [0, 0.1) is 5.82 Å². The van der Waals surface area contributed by atoms with Crippen molar-refractivity contribution in [1.82, 2.24) is 0 Å². The number of carbonyl (C=O) groups excluding carboxylic acids is 1. The van der Waals surface area contributed by atoms with Gasteiger partial charge in [0, 0.05) is 5.56 Å². The highest BCUT2D eigenvalue weighted by Crippen LogP contribution is 2.41. The van der Waals surface area contributed by atoms with Crippen LogP contribution in [0.2, 0.25) is 0 Å². The summed E-state index contributed by atoms with van der Waals surface area (Å²) in [6.45, 7) is 1.53. The minimum atomic E-state index is -0.298. The zero-order chi connectivity index (χ0) is 14.1. The molecule has 0 saturated heterocycles. The van der Waals surface area contributed by atoms with Gasteiger partial charge in [0.1, 0.15) is 5.82 Å². The Bertz CT molecular complexity index is 656. The number of carbonyl (C=O) groups is 1. The van der Waals surface area contributed by atoms with Gasteiger partial charge in [-0.3, -0.25) is 4.79 Å². The van der Waals surface area contributed by atoms with E-state index in [1.165, 1.54) is 43.9 Å². The molecule has 2 aromatic carbocycles. The molecule has 1 fully saturated rings. The predicted molar refractivity (Wildman–Crippen MR) is 78.4 cm³/mol. The van der Waals surface area contributed by atoms with Crippen LogP contribution in [0.5, 0.6) is 0 Å². The Morgan fingerprint density at radius 2 is 1.85 bits per heavy atom. The Labute approximate surface area is 118 Å². The third-order valence-corrected chi connectivity index (χ3v) is 4.16. The van der Waals surface area contributed by atoms with E-state index in [0.717, 1.165) is 11.1 Å². The molecule has 3 rings (SSSR count). The maximum atomic E-state index is 13.6. The van der Waals surface area contributed by atoms with Crippen LogP contribution < -0.4 is 0 Å². The fourth-order valence-corrected chi connectivity index (χ4v) is 2.86. The van der Waals surface area contributed by atoms with Crippen molar-refractivity contribution in [3.05, 3.63) is 59.4 Å². The van der Waals surface area contributed by atoms with Crippen molar-refractivity contribution in [2.24, 2.45) is 0 Å². The Morgan fingerprint density at radius 3 is 2.50 bits per heavy atom. The highest BCUT2D eigenvalue weighted by atomic mass is 19.1. The smallest absolute Gasteiger partial charge is 0.160 e. The molecule has 2 aromatic rings. The van der Waals surface area contributed by atoms with E-state index in [2.05, 4.69) is 6.07 Å². The lowest BCUT2D eigenvalue weighted by Crippen LogP contribution is -2.10. The first-order valence-electron chi connectivity index (χ1n) is 7.06. The normalized spacial score (nSPS) is 14.9. The minimum absolute atomic E-state index is 0.0246. The molecule has 0 aliphatic heterocycles. The Kier molecular flexibility index (Phi) is 3.39. The van der Waals surface area contributed by atoms with Crippen LogP contribution in [0.1, 0.15) is 48.0 Å². The molecule has 0 amide bonds. The van der Waals surface area contributed by atoms with Crippen LogP contribution in [-0.2, 0) is 0 Å². The molecule has 1 nitrogen and oxygen atoms in total. The summed E-state index contributed by atoms with van der Waals surface area (Å²) in [6, 6.07) is 12.5. The molecule has 1 aliphatic carbocycles. The number of benzene rings is 2. The van der Waals surface area contributed by atoms with E-state index in [9.17, 15) is 9.18 Å². The van der Waals surface area contributed by atoms with Gasteiger partial charge in [0.25, 0.3) is 0 Å². The number of halogens is 1. The first kappa shape index (κ1) is 13.0. The summed E-state index contributed by atoms with van der Waals surface area (Å²) in [6.07, 6.45) is 3.62. The average molecular weight is 268 g/mol. The molecular weight excluding hydrogens is 251 g/mol. The predicted octanol–water partition coefficient (Wildman–Crippen LogP) is 4.96. The summed E-state index contributed by atoms with van der Waals surface area (Å²) in [5, 5.41) is 0. The highest BCUT2D eigenvalue weighted by molar-refractivity contribution is 6.01. The second-order valence-corrected chi connectivity index (χ2v) is 5.46. The SMILES string of the molecule is CC(=O)c1ccc(F)cc1-c1ccccc1C1CCC1. The van der Waals surface area contributed by atoms with Gasteiger partial charge >= 0.3 is 0 Å². The second kappa shape index (κ2) is 5.20. The number of hydrogen-bond donors (Lipinski definition) is 0. The Morgan fingerprint density at radius 1 is 1.10 bits per heavy atom. The monoisotopic (exact) mass is 268 g/mol. The third kappa shape index (κ3) is 2.26. The lowest BCUT2D eigenvalue weighted by atomic mass is 9.76. The van der Waals surface area contributed by atoms with Gasteiger partial charge in [0.15, 0.2) is 5.78 Å². The van der Waals surface area contributed by atoms with Crippen molar-refractivity contribution in [2.45, 2.75) is 32.1 Å². The average Bonchev–Trinajstić information content (AvgIpc) is 2.37. The second-order valence-electron chi connectivity index (χ2n) is 5.46. The Hall–Kier alpha value is -1.96. The molecule has 0 radical (unpaired) electrons. The zero-order valence-corrected chi connectivity index (χ0v) is 11.5. The quantitative estimate of drug-likeness (QED) is 0.719. The summed E-state index contributed by atoms with van der Waals surface area (Å²) in [5.41, 5.74) is 3.56. The topological polar surface area (TPSA) is 17.1 Å². The van der Waals surface area contributed by atoms with Crippen LogP contribution >= 0.6 is 0 Å². The first-order valence-corrected chi connectivity index (χ1v) is 7.06. The van der Waals surface area contributed by atoms with Crippen molar-refractivity contribution in [2.75, 3.05) is 0 Å². The zero-order valence-electron chi connectivity index (χ0n) is 11.5. The van der Waals surface area contributed by atoms with E-state index in [4.69, 9.17) is 0 Å². The van der Waals surface area contributed by atoms with E-state index >= 15 is 0 Å². The summed E-state index contributed by atoms with van der Waals surface area (Å²) < 4.78 is 13.6. The van der Waals surface area contributed by atoms with Gasteiger partial charge in [-0.05, 0) is 60.6 Å². The van der Waals surface area contributed by atoms with Crippen LogP contribution in [0.4, 0.5) is 4.39 Å². The molecule has 0 aromatic heterocycles. The summed E-state index contributed by atoms with van der Waals surface area (Å²) in [5.74, 6) is 0.228. The van der Waals surface area contributed by atoms with Gasteiger partial charge < -0.3 is 0 Å². The van der Waals surface area contributed by atoms with Crippen molar-refractivity contribution < 1.29 is 9.18 Å². The van der Waals surface area contributed by atoms with E-state index < -0.39 is 0 Å². The van der Waals surface area contributed by atoms with Gasteiger partial charge in [-0.15, -0.1) is 0 Å². The molecule has 0 spiro atoms. The lowest BCUT2D eigenvalue weighted by molar-refractivity contribution is 0.101. The summed E-state index contributed by atoms with van der Waals surface area (Å²) >= 11 is 0. The molecule has 102 valence electrons. The van der Waals surface area contributed by atoms with Crippen LogP contribution in [-0.4, -0.2) is 5.78 Å². The molecule has 2 heteroatoms. The van der Waals surface area contributed by atoms with Gasteiger partial charge in [-0.25, -0.2) is 4.39 Å². The van der Waals surface area contributed by atoms with Gasteiger partial charge in [0.05, 0.1) is 0 Å². The maximum absolute atomic E-state index is 13.6. The molecule has 0 heterocycles. The molecule has 0 N–H and O–H groups in total. The Balaban J connectivity index is 2.18. The van der Waals surface area contributed by atoms with E-state index in [1.54, 1.807) is 6.07 Å². The highest BCUT2D eigenvalue weighted by Gasteiger charge is 2.23. The van der Waals surface area contributed by atoms with Crippen LogP contribution in [0.3, 0.4) is 0 Å². The molecule has 0 unspecified atom stereocenters. The van der Waals surface area contributed by atoms with Crippen molar-refractivity contribution in [1.29, 1.82) is 0 Å². The molecular formula is C18H17FO. The van der Waals surface area contributed by atoms with Crippen molar-refractivity contribution in [3.8, 4) is 11.1 Å². The third-order valence-electron chi connectivity index (χ3n) is 4.16. The maximum Gasteiger partial charge on any atom is 0.160 e. The van der Waals surface area contributed by atoms with Gasteiger partial charge in [-0.2, -0.15) is 0 Å². The number of hydrogen-bond acceptors (Lipinski definition) is 1. The van der Waals surface area contributed by atoms with Crippen molar-refractivity contribution >= 4 is 5.78 Å². The lowest BCUT2D eigenvalue weighted by Gasteiger charge is -2.28. The summed E-state index contributed by atoms with van der Waals surface area (Å²) in [4.78, 5) is 11.8. The standard InChI is InChI=1S/C18H17FO/c1-12(20)15-10-9-14(19)11-18(15)17-8-3-2-7-16(17)13-5-4-6-13/h2-3,7-11,13H,4-6H2,1H3. The molecule has 0 bridgehead atoms. The number of Topliss-reactive ketones (excluding diaryl/α,β-unsaturated/α-hetero) is 1. The first-order chi connectivity index (χ1) is 9.66. The minimum Gasteiger partial charge on any atom is -0.294 e. The van der Waals surface area contributed by atoms with E-state index in [1.807, 2.05) is 18.2 Å². The number of rotatable bonds is 3.